The van der Waals surface area contributed by atoms with Crippen LogP contribution >= 0.6 is 11.8 Å². The van der Waals surface area contributed by atoms with Gasteiger partial charge in [-0.3, -0.25) is 4.79 Å². The van der Waals surface area contributed by atoms with Gasteiger partial charge in [-0.15, -0.1) is 0 Å². The molecule has 0 spiro atoms. The van der Waals surface area contributed by atoms with Gasteiger partial charge in [-0.25, -0.2) is 13.4 Å². The average molecular weight is 396 g/mol. The van der Waals surface area contributed by atoms with Gasteiger partial charge in [-0.2, -0.15) is 0 Å². The number of aromatic nitrogens is 2. The van der Waals surface area contributed by atoms with E-state index in [4.69, 9.17) is 0 Å². The van der Waals surface area contributed by atoms with Gasteiger partial charge < -0.3 is 9.88 Å². The topological polar surface area (TPSA) is 81.1 Å². The largest absolute Gasteiger partial charge is 0.349 e. The number of sulfone groups is 1. The van der Waals surface area contributed by atoms with Gasteiger partial charge in [0.2, 0.25) is 5.91 Å². The summed E-state index contributed by atoms with van der Waals surface area (Å²) in [6, 6.07) is 7.96. The maximum absolute atomic E-state index is 12.4. The molecule has 0 saturated carbocycles. The van der Waals surface area contributed by atoms with Gasteiger partial charge in [0.1, 0.15) is 0 Å². The highest BCUT2D eigenvalue weighted by Crippen LogP contribution is 2.26. The van der Waals surface area contributed by atoms with Crippen molar-refractivity contribution < 1.29 is 13.2 Å². The van der Waals surface area contributed by atoms with Crippen molar-refractivity contribution in [2.24, 2.45) is 5.92 Å². The van der Waals surface area contributed by atoms with Crippen LogP contribution in [0.3, 0.4) is 0 Å². The fourth-order valence-corrected chi connectivity index (χ4v) is 6.23. The van der Waals surface area contributed by atoms with Crippen molar-refractivity contribution in [3.63, 3.8) is 0 Å². The molecule has 1 atom stereocenters. The molecule has 1 aromatic carbocycles. The number of para-hydroxylation sites is 2. The number of rotatable bonds is 6. The normalized spacial score (nSPS) is 22.2. The number of fused-ring (bicyclic) bond motifs is 1. The molecule has 1 aromatic heterocycles. The van der Waals surface area contributed by atoms with Crippen LogP contribution in [0.4, 0.5) is 0 Å². The molecule has 3 rings (SSSR count). The number of nitrogens with one attached hydrogen (secondary N) is 1. The zero-order valence-corrected chi connectivity index (χ0v) is 17.0. The Morgan fingerprint density at radius 1 is 1.38 bits per heavy atom. The third-order valence-electron chi connectivity index (χ3n) is 4.44. The van der Waals surface area contributed by atoms with Crippen LogP contribution < -0.4 is 5.32 Å². The first-order valence-electron chi connectivity index (χ1n) is 8.77. The van der Waals surface area contributed by atoms with Crippen LogP contribution in [-0.2, 0) is 21.2 Å². The van der Waals surface area contributed by atoms with Crippen molar-refractivity contribution in [1.29, 1.82) is 0 Å². The van der Waals surface area contributed by atoms with Gasteiger partial charge in [-0.1, -0.05) is 37.7 Å². The number of imidazole rings is 1. The lowest BCUT2D eigenvalue weighted by Gasteiger charge is -2.23. The minimum absolute atomic E-state index is 0.0161. The van der Waals surface area contributed by atoms with Gasteiger partial charge in [-0.05, 0) is 31.4 Å². The Labute approximate surface area is 158 Å². The fraction of sp³-hybridized carbons (Fsp3) is 0.556. The molecule has 0 radical (unpaired) electrons. The molecule has 1 amide bonds. The van der Waals surface area contributed by atoms with Crippen molar-refractivity contribution in [3.8, 4) is 0 Å². The number of benzene rings is 1. The van der Waals surface area contributed by atoms with E-state index in [9.17, 15) is 13.2 Å². The van der Waals surface area contributed by atoms with Gasteiger partial charge in [0, 0.05) is 6.54 Å². The van der Waals surface area contributed by atoms with E-state index in [0.29, 0.717) is 12.3 Å². The molecule has 2 heterocycles. The molecule has 1 aliphatic heterocycles. The molecule has 1 unspecified atom stereocenters. The van der Waals surface area contributed by atoms with Crippen LogP contribution in [0.2, 0.25) is 0 Å². The zero-order chi connectivity index (χ0) is 18.9. The smallest absolute Gasteiger partial charge is 0.230 e. The van der Waals surface area contributed by atoms with Crippen LogP contribution in [0.15, 0.2) is 29.4 Å². The van der Waals surface area contributed by atoms with Gasteiger partial charge >= 0.3 is 0 Å². The Kier molecular flexibility index (Phi) is 5.35. The second kappa shape index (κ2) is 7.23. The molecular formula is C18H25N3O3S2. The summed E-state index contributed by atoms with van der Waals surface area (Å²) in [6.07, 6.45) is 0.470. The predicted octanol–water partition coefficient (Wildman–Crippen LogP) is 2.48. The van der Waals surface area contributed by atoms with E-state index < -0.39 is 15.4 Å². The van der Waals surface area contributed by atoms with Crippen molar-refractivity contribution in [2.45, 2.75) is 44.4 Å². The SMILES string of the molecule is CC(C)Cn1c(SCC(=O)NC2(C)CCS(=O)(=O)C2)nc2ccccc21. The quantitative estimate of drug-likeness (QED) is 0.760. The lowest BCUT2D eigenvalue weighted by atomic mass is 10.0. The molecule has 1 N–H and O–H groups in total. The molecule has 8 heteroatoms. The van der Waals surface area contributed by atoms with Crippen LogP contribution in [0.1, 0.15) is 27.2 Å². The summed E-state index contributed by atoms with van der Waals surface area (Å²) in [7, 11) is -3.04. The monoisotopic (exact) mass is 395 g/mol. The first kappa shape index (κ1) is 19.2. The Morgan fingerprint density at radius 3 is 2.77 bits per heavy atom. The Hall–Kier alpha value is -1.54. The molecule has 1 fully saturated rings. The van der Waals surface area contributed by atoms with E-state index in [1.165, 1.54) is 11.8 Å². The number of thioether (sulfide) groups is 1. The van der Waals surface area contributed by atoms with Crippen molar-refractivity contribution in [2.75, 3.05) is 17.3 Å². The first-order valence-corrected chi connectivity index (χ1v) is 11.6. The highest BCUT2D eigenvalue weighted by atomic mass is 32.2. The second-order valence-corrected chi connectivity index (χ2v) is 10.8. The third kappa shape index (κ3) is 4.40. The van der Waals surface area contributed by atoms with Crippen molar-refractivity contribution in [1.82, 2.24) is 14.9 Å². The summed E-state index contributed by atoms with van der Waals surface area (Å²) in [5.74, 6) is 0.682. The minimum Gasteiger partial charge on any atom is -0.349 e. The summed E-state index contributed by atoms with van der Waals surface area (Å²) in [6.45, 7) is 6.93. The number of carbonyl (C=O) groups excluding carboxylic acids is 1. The molecule has 0 aliphatic carbocycles. The molecule has 1 saturated heterocycles. The van der Waals surface area contributed by atoms with E-state index in [2.05, 4.69) is 28.7 Å². The second-order valence-electron chi connectivity index (χ2n) is 7.63. The highest BCUT2D eigenvalue weighted by Gasteiger charge is 2.39. The molecule has 142 valence electrons. The Balaban J connectivity index is 1.70. The lowest BCUT2D eigenvalue weighted by molar-refractivity contribution is -0.120. The van der Waals surface area contributed by atoms with Crippen LogP contribution in [0.5, 0.6) is 0 Å². The summed E-state index contributed by atoms with van der Waals surface area (Å²) in [5, 5.41) is 3.72. The molecule has 1 aliphatic rings. The van der Waals surface area contributed by atoms with Gasteiger partial charge in [0.15, 0.2) is 15.0 Å². The maximum Gasteiger partial charge on any atom is 0.230 e. The summed E-state index contributed by atoms with van der Waals surface area (Å²) >= 11 is 1.40. The number of nitrogens with zero attached hydrogens (tertiary/aromatic N) is 2. The lowest BCUT2D eigenvalue weighted by Crippen LogP contribution is -2.47. The van der Waals surface area contributed by atoms with Gasteiger partial charge in [0.25, 0.3) is 0 Å². The Morgan fingerprint density at radius 2 is 2.12 bits per heavy atom. The van der Waals surface area contributed by atoms with Crippen LogP contribution in [-0.4, -0.2) is 46.7 Å². The van der Waals surface area contributed by atoms with E-state index in [1.807, 2.05) is 24.3 Å². The summed E-state index contributed by atoms with van der Waals surface area (Å²) in [5.41, 5.74) is 1.33. The van der Waals surface area contributed by atoms with Crippen LogP contribution in [0.25, 0.3) is 11.0 Å². The van der Waals surface area contributed by atoms with E-state index in [0.717, 1.165) is 22.7 Å². The fourth-order valence-electron chi connectivity index (χ4n) is 3.32. The van der Waals surface area contributed by atoms with Gasteiger partial charge in [0.05, 0.1) is 33.8 Å². The van der Waals surface area contributed by atoms with Crippen molar-refractivity contribution in [3.05, 3.63) is 24.3 Å². The predicted molar refractivity (Wildman–Crippen MR) is 105 cm³/mol. The minimum atomic E-state index is -3.04. The van der Waals surface area contributed by atoms with E-state index >= 15 is 0 Å². The number of hydrogen-bond acceptors (Lipinski definition) is 5. The van der Waals surface area contributed by atoms with Crippen LogP contribution in [0, 0.1) is 5.92 Å². The highest BCUT2D eigenvalue weighted by molar-refractivity contribution is 7.99. The molecule has 0 bridgehead atoms. The Bertz CT molecular complexity index is 921. The zero-order valence-electron chi connectivity index (χ0n) is 15.4. The van der Waals surface area contributed by atoms with E-state index in [1.54, 1.807) is 6.92 Å². The number of hydrogen-bond donors (Lipinski definition) is 1. The summed E-state index contributed by atoms with van der Waals surface area (Å²) in [4.78, 5) is 17.0. The molecule has 26 heavy (non-hydrogen) atoms. The first-order chi connectivity index (χ1) is 12.2. The molecule has 2 aromatic rings. The van der Waals surface area contributed by atoms with E-state index in [-0.39, 0.29) is 23.2 Å². The molecular weight excluding hydrogens is 370 g/mol. The standard InChI is InChI=1S/C18H25N3O3S2/c1-13(2)10-21-15-7-5-4-6-14(15)19-17(21)25-11-16(22)20-18(3)8-9-26(23,24)12-18/h4-7,13H,8-12H2,1-3H3,(H,20,22). The average Bonchev–Trinajstić information content (AvgIpc) is 3.02. The van der Waals surface area contributed by atoms with Crippen molar-refractivity contribution >= 4 is 38.5 Å². The molecule has 6 nitrogen and oxygen atoms in total. The third-order valence-corrected chi connectivity index (χ3v) is 7.32. The number of carbonyl (C=O) groups is 1. The summed E-state index contributed by atoms with van der Waals surface area (Å²) < 4.78 is 25.5. The number of amides is 1. The maximum atomic E-state index is 12.4.